The van der Waals surface area contributed by atoms with E-state index in [1.807, 2.05) is 34.5 Å². The molecule has 1 aliphatic heterocycles. The van der Waals surface area contributed by atoms with Crippen LogP contribution >= 0.6 is 11.3 Å². The molecule has 3 aromatic rings. The maximum absolute atomic E-state index is 13.4. The average Bonchev–Trinajstić information content (AvgIpc) is 3.40. The number of carbonyl (C=O) groups excluding carboxylic acids is 1. The largest absolute Gasteiger partial charge is 0.390 e. The Kier molecular flexibility index (Phi) is 5.00. The van der Waals surface area contributed by atoms with Crippen molar-refractivity contribution >= 4 is 17.2 Å². The summed E-state index contributed by atoms with van der Waals surface area (Å²) in [4.78, 5) is 21.3. The fourth-order valence-corrected chi connectivity index (χ4v) is 4.44. The molecule has 1 saturated heterocycles. The minimum absolute atomic E-state index is 0.0148. The number of hydrogen-bond donors (Lipinski definition) is 1. The highest BCUT2D eigenvalue weighted by molar-refractivity contribution is 7.09. The molecular formula is C19H21N5O2S. The van der Waals surface area contributed by atoms with Crippen LogP contribution in [0, 0.1) is 0 Å². The maximum Gasteiger partial charge on any atom is 0.256 e. The third kappa shape index (κ3) is 3.50. The number of aliphatic hydroxyl groups excluding tert-OH is 1. The predicted molar refractivity (Wildman–Crippen MR) is 102 cm³/mol. The van der Waals surface area contributed by atoms with E-state index in [9.17, 15) is 9.90 Å². The highest BCUT2D eigenvalue weighted by Gasteiger charge is 2.32. The van der Waals surface area contributed by atoms with Crippen LogP contribution in [0.1, 0.15) is 46.7 Å². The maximum atomic E-state index is 13.4. The normalized spacial score (nSPS) is 20.0. The zero-order valence-electron chi connectivity index (χ0n) is 15.0. The van der Waals surface area contributed by atoms with Crippen LogP contribution in [-0.4, -0.2) is 48.5 Å². The molecule has 7 nitrogen and oxygen atoms in total. The number of benzene rings is 1. The van der Waals surface area contributed by atoms with Gasteiger partial charge in [0.05, 0.1) is 41.0 Å². The summed E-state index contributed by atoms with van der Waals surface area (Å²) in [6, 6.07) is 7.58. The van der Waals surface area contributed by atoms with Crippen LogP contribution in [0.15, 0.2) is 42.0 Å². The fraction of sp³-hybridized carbons (Fsp3) is 0.368. The predicted octanol–water partition coefficient (Wildman–Crippen LogP) is 2.62. The molecule has 2 atom stereocenters. The Hall–Kier alpha value is -2.58. The first-order valence-corrected chi connectivity index (χ1v) is 9.87. The molecule has 3 heterocycles. The minimum Gasteiger partial charge on any atom is -0.390 e. The lowest BCUT2D eigenvalue weighted by Crippen LogP contribution is -2.45. The summed E-state index contributed by atoms with van der Waals surface area (Å²) >= 11 is 1.56. The van der Waals surface area contributed by atoms with Gasteiger partial charge in [-0.3, -0.25) is 4.79 Å². The van der Waals surface area contributed by atoms with Crippen molar-refractivity contribution in [2.45, 2.75) is 38.3 Å². The van der Waals surface area contributed by atoms with E-state index in [0.29, 0.717) is 23.5 Å². The number of carbonyl (C=O) groups is 1. The van der Waals surface area contributed by atoms with Crippen molar-refractivity contribution in [2.75, 3.05) is 6.54 Å². The average molecular weight is 383 g/mol. The molecule has 2 aromatic heterocycles. The Morgan fingerprint density at radius 2 is 2.04 bits per heavy atom. The lowest BCUT2D eigenvalue weighted by atomic mass is 9.93. The zero-order valence-corrected chi connectivity index (χ0v) is 15.8. The van der Waals surface area contributed by atoms with Crippen molar-refractivity contribution in [1.29, 1.82) is 0 Å². The highest BCUT2D eigenvalue weighted by Crippen LogP contribution is 2.33. The first-order chi connectivity index (χ1) is 13.2. The van der Waals surface area contributed by atoms with Gasteiger partial charge in [0.1, 0.15) is 0 Å². The molecule has 1 aliphatic rings. The third-order valence-electron chi connectivity index (χ3n) is 4.99. The van der Waals surface area contributed by atoms with Gasteiger partial charge in [-0.1, -0.05) is 12.1 Å². The summed E-state index contributed by atoms with van der Waals surface area (Å²) in [6.45, 7) is 2.66. The highest BCUT2D eigenvalue weighted by atomic mass is 32.1. The molecule has 0 saturated carbocycles. The van der Waals surface area contributed by atoms with E-state index in [1.165, 1.54) is 4.80 Å². The third-order valence-corrected chi connectivity index (χ3v) is 6.05. The molecule has 1 fully saturated rings. The van der Waals surface area contributed by atoms with Crippen molar-refractivity contribution in [3.05, 3.63) is 58.3 Å². The van der Waals surface area contributed by atoms with Crippen molar-refractivity contribution in [3.8, 4) is 5.69 Å². The van der Waals surface area contributed by atoms with E-state index in [-0.39, 0.29) is 24.5 Å². The summed E-state index contributed by atoms with van der Waals surface area (Å²) in [5, 5.41) is 20.5. The Morgan fingerprint density at radius 1 is 1.26 bits per heavy atom. The first kappa shape index (κ1) is 17.8. The van der Waals surface area contributed by atoms with Gasteiger partial charge in [-0.05, 0) is 31.9 Å². The molecule has 0 radical (unpaired) electrons. The van der Waals surface area contributed by atoms with Gasteiger partial charge in [0.15, 0.2) is 0 Å². The van der Waals surface area contributed by atoms with Crippen LogP contribution in [0.2, 0.25) is 0 Å². The molecule has 27 heavy (non-hydrogen) atoms. The van der Waals surface area contributed by atoms with Crippen molar-refractivity contribution < 1.29 is 9.90 Å². The van der Waals surface area contributed by atoms with E-state index < -0.39 is 0 Å². The number of nitrogens with zero attached hydrogens (tertiary/aromatic N) is 5. The van der Waals surface area contributed by atoms with E-state index in [1.54, 1.807) is 23.7 Å². The summed E-state index contributed by atoms with van der Waals surface area (Å²) in [6.07, 6.45) is 5.11. The Bertz CT molecular complexity index is 924. The van der Waals surface area contributed by atoms with Gasteiger partial charge in [-0.2, -0.15) is 15.0 Å². The monoisotopic (exact) mass is 383 g/mol. The number of amides is 1. The molecule has 8 heteroatoms. The molecule has 1 aromatic carbocycles. The Morgan fingerprint density at radius 3 is 2.78 bits per heavy atom. The fourth-order valence-electron chi connectivity index (χ4n) is 3.50. The van der Waals surface area contributed by atoms with Crippen LogP contribution < -0.4 is 0 Å². The second-order valence-corrected chi connectivity index (χ2v) is 7.64. The second kappa shape index (κ2) is 7.58. The number of hydrogen-bond acceptors (Lipinski definition) is 6. The molecule has 0 spiro atoms. The number of aliphatic hydroxyl groups is 1. The van der Waals surface area contributed by atoms with Crippen molar-refractivity contribution in [3.63, 3.8) is 0 Å². The van der Waals surface area contributed by atoms with Crippen LogP contribution in [-0.2, 0) is 6.61 Å². The van der Waals surface area contributed by atoms with Crippen LogP contribution in [0.3, 0.4) is 0 Å². The molecule has 4 rings (SSSR count). The molecule has 0 unspecified atom stereocenters. The van der Waals surface area contributed by atoms with E-state index in [0.717, 1.165) is 17.8 Å². The molecular weight excluding hydrogens is 362 g/mol. The molecule has 0 aliphatic carbocycles. The van der Waals surface area contributed by atoms with Gasteiger partial charge in [-0.25, -0.2) is 4.98 Å². The lowest BCUT2D eigenvalue weighted by Gasteiger charge is -2.37. The van der Waals surface area contributed by atoms with Crippen molar-refractivity contribution in [1.82, 2.24) is 24.9 Å². The Labute approximate surface area is 161 Å². The number of thiazole rings is 1. The van der Waals surface area contributed by atoms with E-state index in [2.05, 4.69) is 22.1 Å². The van der Waals surface area contributed by atoms with E-state index in [4.69, 9.17) is 0 Å². The number of rotatable bonds is 4. The van der Waals surface area contributed by atoms with Crippen LogP contribution in [0.25, 0.3) is 5.69 Å². The molecule has 0 bridgehead atoms. The second-order valence-electron chi connectivity index (χ2n) is 6.75. The smallest absolute Gasteiger partial charge is 0.256 e. The first-order valence-electron chi connectivity index (χ1n) is 8.99. The molecule has 140 valence electrons. The summed E-state index contributed by atoms with van der Waals surface area (Å²) < 4.78 is 0. The molecule has 1 amide bonds. The summed E-state index contributed by atoms with van der Waals surface area (Å²) in [5.41, 5.74) is 1.97. The Balaban J connectivity index is 1.61. The lowest BCUT2D eigenvalue weighted by molar-refractivity contribution is 0.0609. The van der Waals surface area contributed by atoms with Gasteiger partial charge >= 0.3 is 0 Å². The van der Waals surface area contributed by atoms with Crippen LogP contribution in [0.4, 0.5) is 0 Å². The quantitative estimate of drug-likeness (QED) is 0.749. The van der Waals surface area contributed by atoms with Gasteiger partial charge in [0.25, 0.3) is 5.91 Å². The summed E-state index contributed by atoms with van der Waals surface area (Å²) in [7, 11) is 0. The number of aromatic nitrogens is 4. The number of para-hydroxylation sites is 1. The standard InChI is InChI=1S/C19H21N5O2S/c1-13-6-7-14(18-22-15(11-25)12-27-18)10-23(13)19(26)16-4-2-3-5-17(16)24-20-8-9-21-24/h2-5,8-9,12-14,25H,6-7,10-11H2,1H3/t13-,14-/m1/s1. The van der Waals surface area contributed by atoms with Gasteiger partial charge in [0.2, 0.25) is 0 Å². The topological polar surface area (TPSA) is 84.1 Å². The molecule has 1 N–H and O–H groups in total. The van der Waals surface area contributed by atoms with Gasteiger partial charge in [0, 0.05) is 23.9 Å². The number of piperidine rings is 1. The SMILES string of the molecule is C[C@@H]1CC[C@@H](c2nc(CO)cs2)CN1C(=O)c1ccccc1-n1nccn1. The van der Waals surface area contributed by atoms with Gasteiger partial charge < -0.3 is 10.0 Å². The minimum atomic E-state index is -0.0491. The van der Waals surface area contributed by atoms with Crippen molar-refractivity contribution in [2.24, 2.45) is 0 Å². The van der Waals surface area contributed by atoms with E-state index >= 15 is 0 Å². The van der Waals surface area contributed by atoms with Gasteiger partial charge in [-0.15, -0.1) is 11.3 Å². The number of likely N-dealkylation sites (tertiary alicyclic amines) is 1. The zero-order chi connectivity index (χ0) is 18.8. The van der Waals surface area contributed by atoms with Crippen LogP contribution in [0.5, 0.6) is 0 Å². The summed E-state index contributed by atoms with van der Waals surface area (Å²) in [5.74, 6) is 0.185.